The van der Waals surface area contributed by atoms with E-state index in [0.29, 0.717) is 16.9 Å². The molecule has 0 atom stereocenters. The highest BCUT2D eigenvalue weighted by atomic mass is 16.6. The van der Waals surface area contributed by atoms with Crippen molar-refractivity contribution < 1.29 is 4.92 Å². The molecule has 0 unspecified atom stereocenters. The van der Waals surface area contributed by atoms with Crippen molar-refractivity contribution in [2.24, 2.45) is 0 Å². The molecule has 0 amide bonds. The van der Waals surface area contributed by atoms with E-state index in [2.05, 4.69) is 20.2 Å². The minimum atomic E-state index is -0.432. The van der Waals surface area contributed by atoms with Gasteiger partial charge in [-0.2, -0.15) is 5.10 Å². The number of aromatic amines is 2. The van der Waals surface area contributed by atoms with Gasteiger partial charge in [-0.25, -0.2) is 4.98 Å². The first-order valence-corrected chi connectivity index (χ1v) is 4.88. The summed E-state index contributed by atoms with van der Waals surface area (Å²) in [7, 11) is 0. The van der Waals surface area contributed by atoms with E-state index in [-0.39, 0.29) is 5.69 Å². The van der Waals surface area contributed by atoms with E-state index < -0.39 is 4.92 Å². The normalized spacial score (nSPS) is 10.8. The lowest BCUT2D eigenvalue weighted by atomic mass is 10.2. The Balaban J connectivity index is 2.26. The van der Waals surface area contributed by atoms with Crippen LogP contribution in [0.25, 0.3) is 22.4 Å². The highest BCUT2D eigenvalue weighted by Gasteiger charge is 2.14. The standard InChI is InChI=1S/C10H7N5O2/c16-15(17)6-1-2-8-7(5-6)9(14-13-8)10-11-3-4-12-10/h1-5H,(H,11,12)(H,13,14). The number of benzene rings is 1. The van der Waals surface area contributed by atoms with Crippen LogP contribution in [0.4, 0.5) is 5.69 Å². The molecule has 2 aromatic heterocycles. The number of fused-ring (bicyclic) bond motifs is 1. The lowest BCUT2D eigenvalue weighted by Gasteiger charge is -1.93. The van der Waals surface area contributed by atoms with Gasteiger partial charge in [0.15, 0.2) is 5.82 Å². The van der Waals surface area contributed by atoms with Crippen LogP contribution in [0.2, 0.25) is 0 Å². The first-order chi connectivity index (χ1) is 8.25. The SMILES string of the molecule is O=[N+]([O-])c1ccc2[nH]nc(-c3ncc[nH]3)c2c1. The molecule has 17 heavy (non-hydrogen) atoms. The van der Waals surface area contributed by atoms with E-state index in [1.165, 1.54) is 12.1 Å². The predicted octanol–water partition coefficient (Wildman–Crippen LogP) is 1.86. The van der Waals surface area contributed by atoms with Gasteiger partial charge in [-0.05, 0) is 6.07 Å². The molecule has 0 spiro atoms. The second kappa shape index (κ2) is 3.41. The quantitative estimate of drug-likeness (QED) is 0.517. The molecule has 2 heterocycles. The van der Waals surface area contributed by atoms with Gasteiger partial charge in [0.2, 0.25) is 0 Å². The lowest BCUT2D eigenvalue weighted by molar-refractivity contribution is -0.384. The van der Waals surface area contributed by atoms with Crippen molar-refractivity contribution in [2.75, 3.05) is 0 Å². The number of hydrogen-bond acceptors (Lipinski definition) is 4. The first-order valence-electron chi connectivity index (χ1n) is 4.88. The minimum Gasteiger partial charge on any atom is -0.343 e. The third kappa shape index (κ3) is 1.44. The van der Waals surface area contributed by atoms with Crippen LogP contribution < -0.4 is 0 Å². The van der Waals surface area contributed by atoms with Crippen LogP contribution in [0.3, 0.4) is 0 Å². The molecule has 0 fully saturated rings. The Labute approximate surface area is 94.6 Å². The molecule has 0 aliphatic rings. The maximum Gasteiger partial charge on any atom is 0.270 e. The molecule has 3 aromatic rings. The fourth-order valence-corrected chi connectivity index (χ4v) is 1.69. The Morgan fingerprint density at radius 2 is 2.24 bits per heavy atom. The van der Waals surface area contributed by atoms with E-state index in [1.807, 2.05) is 0 Å². The summed E-state index contributed by atoms with van der Waals surface area (Å²) in [6, 6.07) is 4.55. The molecular formula is C10H7N5O2. The number of hydrogen-bond donors (Lipinski definition) is 2. The molecule has 7 nitrogen and oxygen atoms in total. The van der Waals surface area contributed by atoms with E-state index >= 15 is 0 Å². The number of rotatable bonds is 2. The number of H-pyrrole nitrogens is 2. The molecule has 0 aliphatic heterocycles. The molecule has 0 saturated carbocycles. The first kappa shape index (κ1) is 9.52. The molecule has 84 valence electrons. The Kier molecular flexibility index (Phi) is 1.91. The van der Waals surface area contributed by atoms with Gasteiger partial charge in [0, 0.05) is 29.9 Å². The van der Waals surface area contributed by atoms with E-state index in [4.69, 9.17) is 0 Å². The predicted molar refractivity (Wildman–Crippen MR) is 60.3 cm³/mol. The average molecular weight is 229 g/mol. The Hall–Kier alpha value is -2.70. The second-order valence-electron chi connectivity index (χ2n) is 3.50. The maximum absolute atomic E-state index is 10.7. The monoisotopic (exact) mass is 229 g/mol. The summed E-state index contributed by atoms with van der Waals surface area (Å²) in [6.07, 6.45) is 3.28. The number of non-ortho nitro benzene ring substituents is 1. The van der Waals surface area contributed by atoms with Crippen molar-refractivity contribution >= 4 is 16.6 Å². The maximum atomic E-state index is 10.7. The van der Waals surface area contributed by atoms with Crippen LogP contribution in [0.5, 0.6) is 0 Å². The largest absolute Gasteiger partial charge is 0.343 e. The molecule has 3 rings (SSSR count). The fourth-order valence-electron chi connectivity index (χ4n) is 1.69. The van der Waals surface area contributed by atoms with Crippen molar-refractivity contribution in [3.63, 3.8) is 0 Å². The van der Waals surface area contributed by atoms with E-state index in [1.54, 1.807) is 18.5 Å². The van der Waals surface area contributed by atoms with Crippen LogP contribution >= 0.6 is 0 Å². The summed E-state index contributed by atoms with van der Waals surface area (Å²) in [5.74, 6) is 0.580. The number of imidazole rings is 1. The number of aromatic nitrogens is 4. The average Bonchev–Trinajstić information content (AvgIpc) is 2.96. The molecule has 1 aromatic carbocycles. The van der Waals surface area contributed by atoms with Gasteiger partial charge in [0.25, 0.3) is 5.69 Å². The third-order valence-electron chi connectivity index (χ3n) is 2.48. The van der Waals surface area contributed by atoms with E-state index in [9.17, 15) is 10.1 Å². The molecule has 0 bridgehead atoms. The zero-order valence-electron chi connectivity index (χ0n) is 8.54. The van der Waals surface area contributed by atoms with Crippen molar-refractivity contribution in [3.8, 4) is 11.5 Å². The Bertz CT molecular complexity index is 686. The van der Waals surface area contributed by atoms with Crippen molar-refractivity contribution in [1.82, 2.24) is 20.2 Å². The summed E-state index contributed by atoms with van der Waals surface area (Å²) in [5, 5.41) is 18.3. The number of nitro benzene ring substituents is 1. The summed E-state index contributed by atoms with van der Waals surface area (Å²) >= 11 is 0. The third-order valence-corrected chi connectivity index (χ3v) is 2.48. The molecule has 0 radical (unpaired) electrons. The summed E-state index contributed by atoms with van der Waals surface area (Å²) < 4.78 is 0. The van der Waals surface area contributed by atoms with Crippen molar-refractivity contribution in [3.05, 3.63) is 40.7 Å². The number of nitrogens with one attached hydrogen (secondary N) is 2. The van der Waals surface area contributed by atoms with Crippen molar-refractivity contribution in [2.45, 2.75) is 0 Å². The highest BCUT2D eigenvalue weighted by Crippen LogP contribution is 2.26. The van der Waals surface area contributed by atoms with Gasteiger partial charge in [-0.1, -0.05) is 0 Å². The van der Waals surface area contributed by atoms with Gasteiger partial charge in [0.1, 0.15) is 5.69 Å². The Morgan fingerprint density at radius 3 is 2.94 bits per heavy atom. The van der Waals surface area contributed by atoms with E-state index in [0.717, 1.165) is 5.52 Å². The van der Waals surface area contributed by atoms with Gasteiger partial charge >= 0.3 is 0 Å². The van der Waals surface area contributed by atoms with Crippen LogP contribution in [0, 0.1) is 10.1 Å². The van der Waals surface area contributed by atoms with Gasteiger partial charge in [0.05, 0.1) is 10.4 Å². The molecule has 7 heteroatoms. The van der Waals surface area contributed by atoms with Gasteiger partial charge < -0.3 is 4.98 Å². The molecule has 0 aliphatic carbocycles. The zero-order chi connectivity index (χ0) is 11.8. The van der Waals surface area contributed by atoms with Gasteiger partial charge in [-0.15, -0.1) is 0 Å². The Morgan fingerprint density at radius 1 is 1.35 bits per heavy atom. The van der Waals surface area contributed by atoms with Crippen LogP contribution in [0.15, 0.2) is 30.6 Å². The molecule has 2 N–H and O–H groups in total. The number of nitro groups is 1. The van der Waals surface area contributed by atoms with Crippen LogP contribution in [-0.4, -0.2) is 25.1 Å². The topological polar surface area (TPSA) is 100 Å². The molecule has 0 saturated heterocycles. The van der Waals surface area contributed by atoms with Gasteiger partial charge in [-0.3, -0.25) is 15.2 Å². The smallest absolute Gasteiger partial charge is 0.270 e. The molecular weight excluding hydrogens is 222 g/mol. The zero-order valence-corrected chi connectivity index (χ0v) is 8.54. The summed E-state index contributed by atoms with van der Waals surface area (Å²) in [6.45, 7) is 0. The summed E-state index contributed by atoms with van der Waals surface area (Å²) in [5.41, 5.74) is 1.35. The van der Waals surface area contributed by atoms with Crippen LogP contribution in [-0.2, 0) is 0 Å². The fraction of sp³-hybridized carbons (Fsp3) is 0. The highest BCUT2D eigenvalue weighted by molar-refractivity contribution is 5.92. The minimum absolute atomic E-state index is 0.0340. The second-order valence-corrected chi connectivity index (χ2v) is 3.50. The van der Waals surface area contributed by atoms with Crippen LogP contribution in [0.1, 0.15) is 0 Å². The summed E-state index contributed by atoms with van der Waals surface area (Å²) in [4.78, 5) is 17.3. The van der Waals surface area contributed by atoms with Crippen molar-refractivity contribution in [1.29, 1.82) is 0 Å². The number of nitrogens with zero attached hydrogens (tertiary/aromatic N) is 3. The lowest BCUT2D eigenvalue weighted by Crippen LogP contribution is -1.87.